The number of rotatable bonds is 2. The van der Waals surface area contributed by atoms with Gasteiger partial charge in [-0.3, -0.25) is 5.01 Å². The summed E-state index contributed by atoms with van der Waals surface area (Å²) in [6, 6.07) is 0. The molecule has 0 aromatic heterocycles. The minimum atomic E-state index is 1.12. The van der Waals surface area contributed by atoms with Gasteiger partial charge in [-0.25, -0.2) is 0 Å². The first kappa shape index (κ1) is 6.59. The highest BCUT2D eigenvalue weighted by Gasteiger charge is 2.01. The molecule has 0 saturated carbocycles. The molecule has 1 rings (SSSR count). The summed E-state index contributed by atoms with van der Waals surface area (Å²) in [6.45, 7) is 4.46. The summed E-state index contributed by atoms with van der Waals surface area (Å²) < 4.78 is 0. The monoisotopic (exact) mass is 126 g/mol. The van der Waals surface area contributed by atoms with Crippen LogP contribution in [0.3, 0.4) is 0 Å². The molecule has 0 bridgehead atoms. The molecule has 0 fully saturated rings. The van der Waals surface area contributed by atoms with Gasteiger partial charge in [0.05, 0.1) is 0 Å². The maximum atomic E-state index is 4.23. The van der Waals surface area contributed by atoms with Crippen LogP contribution in [-0.4, -0.2) is 24.3 Å². The lowest BCUT2D eigenvalue weighted by Crippen LogP contribution is -2.22. The Morgan fingerprint density at radius 2 is 2.56 bits per heavy atom. The average Bonchev–Trinajstić information content (AvgIpc) is 1.91. The molecule has 1 heterocycles. The summed E-state index contributed by atoms with van der Waals surface area (Å²) in [4.78, 5) is 0. The summed E-state index contributed by atoms with van der Waals surface area (Å²) in [5, 5.41) is 6.37. The molecule has 0 aliphatic carbocycles. The molecule has 2 nitrogen and oxygen atoms in total. The van der Waals surface area contributed by atoms with E-state index < -0.39 is 0 Å². The second kappa shape index (κ2) is 3.49. The first-order valence-corrected chi connectivity index (χ1v) is 3.71. The Morgan fingerprint density at radius 3 is 3.11 bits per heavy atom. The van der Waals surface area contributed by atoms with Crippen molar-refractivity contribution >= 4 is 6.21 Å². The van der Waals surface area contributed by atoms with Crippen LogP contribution in [0.2, 0.25) is 0 Å². The van der Waals surface area contributed by atoms with Crippen LogP contribution in [0.25, 0.3) is 0 Å². The van der Waals surface area contributed by atoms with Crippen molar-refractivity contribution in [1.82, 2.24) is 5.01 Å². The number of nitrogens with zero attached hydrogens (tertiary/aromatic N) is 2. The average molecular weight is 126 g/mol. The van der Waals surface area contributed by atoms with Gasteiger partial charge in [0.15, 0.2) is 0 Å². The molecular weight excluding hydrogens is 112 g/mol. The first-order valence-electron chi connectivity index (χ1n) is 3.71. The molecule has 0 saturated heterocycles. The zero-order valence-electron chi connectivity index (χ0n) is 6.01. The van der Waals surface area contributed by atoms with E-state index in [1.54, 1.807) is 0 Å². The molecule has 0 N–H and O–H groups in total. The molecule has 0 atom stereocenters. The topological polar surface area (TPSA) is 15.6 Å². The van der Waals surface area contributed by atoms with Crippen molar-refractivity contribution in [3.8, 4) is 0 Å². The lowest BCUT2D eigenvalue weighted by atomic mass is 10.3. The van der Waals surface area contributed by atoms with Gasteiger partial charge in [-0.05, 0) is 19.3 Å². The van der Waals surface area contributed by atoms with Crippen molar-refractivity contribution in [2.45, 2.75) is 26.2 Å². The number of hydrogen-bond acceptors (Lipinski definition) is 2. The third-order valence-electron chi connectivity index (χ3n) is 1.48. The molecule has 9 heavy (non-hydrogen) atoms. The quantitative estimate of drug-likeness (QED) is 0.547. The largest absolute Gasteiger partial charge is 0.297 e. The van der Waals surface area contributed by atoms with Crippen LogP contribution in [0.4, 0.5) is 0 Å². The Balaban J connectivity index is 2.23. The molecule has 0 aromatic carbocycles. The lowest BCUT2D eigenvalue weighted by Gasteiger charge is -2.20. The lowest BCUT2D eigenvalue weighted by molar-refractivity contribution is 0.277. The van der Waals surface area contributed by atoms with Gasteiger partial charge in [0.1, 0.15) is 0 Å². The zero-order valence-corrected chi connectivity index (χ0v) is 6.01. The van der Waals surface area contributed by atoms with Crippen LogP contribution < -0.4 is 0 Å². The Hall–Kier alpha value is -0.530. The minimum absolute atomic E-state index is 1.12. The van der Waals surface area contributed by atoms with Gasteiger partial charge in [0.25, 0.3) is 0 Å². The Labute approximate surface area is 56.5 Å². The summed E-state index contributed by atoms with van der Waals surface area (Å²) in [6.07, 6.45) is 5.67. The smallest absolute Gasteiger partial charge is 0.0363 e. The second-order valence-corrected chi connectivity index (χ2v) is 2.39. The van der Waals surface area contributed by atoms with E-state index in [2.05, 4.69) is 17.0 Å². The predicted molar refractivity (Wildman–Crippen MR) is 39.6 cm³/mol. The number of hydrazone groups is 1. The van der Waals surface area contributed by atoms with Crippen LogP contribution in [-0.2, 0) is 0 Å². The Bertz CT molecular complexity index is 99.1. The van der Waals surface area contributed by atoms with E-state index >= 15 is 0 Å². The van der Waals surface area contributed by atoms with E-state index in [9.17, 15) is 0 Å². The Morgan fingerprint density at radius 1 is 1.67 bits per heavy atom. The van der Waals surface area contributed by atoms with Crippen LogP contribution in [0, 0.1) is 0 Å². The van der Waals surface area contributed by atoms with Gasteiger partial charge >= 0.3 is 0 Å². The summed E-state index contributed by atoms with van der Waals surface area (Å²) in [5.74, 6) is 0. The molecule has 0 radical (unpaired) electrons. The van der Waals surface area contributed by atoms with Crippen LogP contribution >= 0.6 is 0 Å². The van der Waals surface area contributed by atoms with Crippen molar-refractivity contribution in [3.63, 3.8) is 0 Å². The van der Waals surface area contributed by atoms with Gasteiger partial charge < -0.3 is 0 Å². The fourth-order valence-electron chi connectivity index (χ4n) is 1.02. The Kier molecular flexibility index (Phi) is 2.55. The van der Waals surface area contributed by atoms with Crippen LogP contribution in [0.1, 0.15) is 26.2 Å². The van der Waals surface area contributed by atoms with E-state index in [1.807, 2.05) is 6.21 Å². The molecular formula is C7H14N2. The molecule has 0 unspecified atom stereocenters. The van der Waals surface area contributed by atoms with Crippen molar-refractivity contribution < 1.29 is 0 Å². The van der Waals surface area contributed by atoms with E-state index in [0.29, 0.717) is 0 Å². The highest BCUT2D eigenvalue weighted by Crippen LogP contribution is 2.01. The van der Waals surface area contributed by atoms with Gasteiger partial charge in [-0.15, -0.1) is 0 Å². The molecule has 0 amide bonds. The summed E-state index contributed by atoms with van der Waals surface area (Å²) >= 11 is 0. The molecule has 1 aliphatic heterocycles. The molecule has 0 spiro atoms. The summed E-state index contributed by atoms with van der Waals surface area (Å²) in [5.41, 5.74) is 0. The van der Waals surface area contributed by atoms with Gasteiger partial charge in [0.2, 0.25) is 0 Å². The van der Waals surface area contributed by atoms with Gasteiger partial charge in [-0.1, -0.05) is 6.92 Å². The molecule has 2 heteroatoms. The number of hydrogen-bond donors (Lipinski definition) is 0. The van der Waals surface area contributed by atoms with Crippen molar-refractivity contribution in [2.24, 2.45) is 5.10 Å². The fraction of sp³-hybridized carbons (Fsp3) is 0.857. The third-order valence-corrected chi connectivity index (χ3v) is 1.48. The van der Waals surface area contributed by atoms with Crippen molar-refractivity contribution in [3.05, 3.63) is 0 Å². The van der Waals surface area contributed by atoms with Crippen molar-refractivity contribution in [1.29, 1.82) is 0 Å². The summed E-state index contributed by atoms with van der Waals surface area (Å²) in [7, 11) is 0. The normalized spacial score (nSPS) is 18.6. The van der Waals surface area contributed by atoms with Crippen LogP contribution in [0.15, 0.2) is 5.10 Å². The zero-order chi connectivity index (χ0) is 6.53. The van der Waals surface area contributed by atoms with Crippen molar-refractivity contribution in [2.75, 3.05) is 13.1 Å². The highest BCUT2D eigenvalue weighted by atomic mass is 15.4. The van der Waals surface area contributed by atoms with E-state index in [4.69, 9.17) is 0 Å². The fourth-order valence-corrected chi connectivity index (χ4v) is 1.02. The first-order chi connectivity index (χ1) is 4.43. The minimum Gasteiger partial charge on any atom is -0.297 e. The predicted octanol–water partition coefficient (Wildman–Crippen LogP) is 1.48. The van der Waals surface area contributed by atoms with E-state index in [-0.39, 0.29) is 0 Å². The maximum Gasteiger partial charge on any atom is 0.0363 e. The molecule has 1 aliphatic rings. The molecule has 0 aromatic rings. The van der Waals surface area contributed by atoms with Gasteiger partial charge in [-0.2, -0.15) is 5.10 Å². The maximum absolute atomic E-state index is 4.23. The van der Waals surface area contributed by atoms with Gasteiger partial charge in [0, 0.05) is 19.3 Å². The third kappa shape index (κ3) is 2.04. The highest BCUT2D eigenvalue weighted by molar-refractivity contribution is 5.57. The van der Waals surface area contributed by atoms with Crippen LogP contribution in [0.5, 0.6) is 0 Å². The SMILES string of the molecule is CCCN1CCCC=N1. The molecule has 52 valence electrons. The van der Waals surface area contributed by atoms with E-state index in [0.717, 1.165) is 13.1 Å². The standard InChI is InChI=1S/C7H14N2/c1-2-6-9-7-4-3-5-8-9/h5H,2-4,6-7H2,1H3. The second-order valence-electron chi connectivity index (χ2n) is 2.39. The van der Waals surface area contributed by atoms with E-state index in [1.165, 1.54) is 19.3 Å².